The molecular weight excluding hydrogens is 208 g/mol. The van der Waals surface area contributed by atoms with Crippen LogP contribution < -0.4 is 0 Å². The summed E-state index contributed by atoms with van der Waals surface area (Å²) in [5, 5.41) is 0. The van der Waals surface area contributed by atoms with Crippen LogP contribution in [0.5, 0.6) is 0 Å². The highest BCUT2D eigenvalue weighted by Gasteiger charge is 2.23. The third-order valence-corrected chi connectivity index (χ3v) is 4.30. The molecule has 1 fully saturated rings. The normalized spacial score (nSPS) is 20.5. The van der Waals surface area contributed by atoms with Crippen LogP contribution in [0.25, 0.3) is 0 Å². The summed E-state index contributed by atoms with van der Waals surface area (Å²) in [7, 11) is 6.69. The van der Waals surface area contributed by atoms with Gasteiger partial charge in [-0.25, -0.2) is 0 Å². The summed E-state index contributed by atoms with van der Waals surface area (Å²) in [5.41, 5.74) is 0. The molecule has 1 atom stereocenters. The van der Waals surface area contributed by atoms with Gasteiger partial charge in [0.05, 0.1) is 0 Å². The molecule has 1 aliphatic rings. The minimum Gasteiger partial charge on any atom is -0.308 e. The molecule has 17 heavy (non-hydrogen) atoms. The highest BCUT2D eigenvalue weighted by Crippen LogP contribution is 2.28. The Balaban J connectivity index is 2.49. The van der Waals surface area contributed by atoms with Crippen LogP contribution in [-0.4, -0.2) is 49.6 Å². The molecule has 0 aromatic rings. The van der Waals surface area contributed by atoms with E-state index in [0.717, 1.165) is 12.0 Å². The van der Waals surface area contributed by atoms with E-state index in [1.54, 1.807) is 0 Å². The van der Waals surface area contributed by atoms with Gasteiger partial charge in [0, 0.05) is 18.6 Å². The average Bonchev–Trinajstić information content (AvgIpc) is 2.28. The summed E-state index contributed by atoms with van der Waals surface area (Å²) in [6.07, 6.45) is 8.73. The molecule has 0 spiro atoms. The van der Waals surface area contributed by atoms with Crippen molar-refractivity contribution < 1.29 is 0 Å². The summed E-state index contributed by atoms with van der Waals surface area (Å²) in [6, 6.07) is 1.39. The zero-order chi connectivity index (χ0) is 12.8. The Kier molecular flexibility index (Phi) is 6.50. The van der Waals surface area contributed by atoms with E-state index in [1.165, 1.54) is 45.1 Å². The van der Waals surface area contributed by atoms with E-state index in [4.69, 9.17) is 0 Å². The molecule has 1 saturated carbocycles. The zero-order valence-corrected chi connectivity index (χ0v) is 12.6. The molecular formula is C15H32N2. The van der Waals surface area contributed by atoms with Crippen LogP contribution in [0.4, 0.5) is 0 Å². The zero-order valence-electron chi connectivity index (χ0n) is 12.6. The molecule has 0 saturated heterocycles. The molecule has 0 aromatic heterocycles. The Hall–Kier alpha value is -0.0800. The molecule has 0 aliphatic heterocycles. The fourth-order valence-electron chi connectivity index (χ4n) is 3.02. The van der Waals surface area contributed by atoms with Crippen molar-refractivity contribution in [3.05, 3.63) is 0 Å². The Morgan fingerprint density at radius 2 is 1.59 bits per heavy atom. The number of hydrogen-bond donors (Lipinski definition) is 0. The van der Waals surface area contributed by atoms with E-state index in [9.17, 15) is 0 Å². The SMILES string of the molecule is CC(C)N(C)[C@@H](CC1CCCCC1)CN(C)C. The van der Waals surface area contributed by atoms with Gasteiger partial charge in [-0.2, -0.15) is 0 Å². The van der Waals surface area contributed by atoms with E-state index < -0.39 is 0 Å². The number of rotatable bonds is 6. The number of nitrogens with zero attached hydrogens (tertiary/aromatic N) is 2. The second kappa shape index (κ2) is 7.38. The van der Waals surface area contributed by atoms with Crippen molar-refractivity contribution in [2.24, 2.45) is 5.92 Å². The molecule has 2 nitrogen and oxygen atoms in total. The van der Waals surface area contributed by atoms with Crippen molar-refractivity contribution >= 4 is 0 Å². The lowest BCUT2D eigenvalue weighted by molar-refractivity contribution is 0.127. The van der Waals surface area contributed by atoms with Crippen LogP contribution in [0.2, 0.25) is 0 Å². The van der Waals surface area contributed by atoms with Gasteiger partial charge in [-0.3, -0.25) is 4.90 Å². The minimum absolute atomic E-state index is 0.656. The quantitative estimate of drug-likeness (QED) is 0.703. The Morgan fingerprint density at radius 3 is 2.06 bits per heavy atom. The Labute approximate surface area is 108 Å². The summed E-state index contributed by atoms with van der Waals surface area (Å²) >= 11 is 0. The van der Waals surface area contributed by atoms with Crippen molar-refractivity contribution in [1.29, 1.82) is 0 Å². The molecule has 0 N–H and O–H groups in total. The second-order valence-corrected chi connectivity index (χ2v) is 6.42. The van der Waals surface area contributed by atoms with Crippen LogP contribution in [0.15, 0.2) is 0 Å². The van der Waals surface area contributed by atoms with Crippen molar-refractivity contribution in [3.63, 3.8) is 0 Å². The summed E-state index contributed by atoms with van der Waals surface area (Å²) in [5.74, 6) is 0.981. The first kappa shape index (κ1) is 15.0. The van der Waals surface area contributed by atoms with Crippen molar-refractivity contribution in [1.82, 2.24) is 9.80 Å². The van der Waals surface area contributed by atoms with Crippen molar-refractivity contribution in [3.8, 4) is 0 Å². The topological polar surface area (TPSA) is 6.48 Å². The largest absolute Gasteiger partial charge is 0.308 e. The maximum absolute atomic E-state index is 2.56. The monoisotopic (exact) mass is 240 g/mol. The summed E-state index contributed by atoms with van der Waals surface area (Å²) < 4.78 is 0. The van der Waals surface area contributed by atoms with Crippen LogP contribution in [0, 0.1) is 5.92 Å². The van der Waals surface area contributed by atoms with Crippen LogP contribution in [0.1, 0.15) is 52.4 Å². The maximum atomic E-state index is 2.56. The lowest BCUT2D eigenvalue weighted by Gasteiger charge is -2.36. The standard InChI is InChI=1S/C15H32N2/c1-13(2)17(5)15(12-16(3)4)11-14-9-7-6-8-10-14/h13-15H,6-12H2,1-5H3/t15-/m0/s1. The van der Waals surface area contributed by atoms with Gasteiger partial charge in [-0.05, 0) is 47.3 Å². The van der Waals surface area contributed by atoms with E-state index >= 15 is 0 Å². The summed E-state index contributed by atoms with van der Waals surface area (Å²) in [4.78, 5) is 4.90. The van der Waals surface area contributed by atoms with Gasteiger partial charge in [0.25, 0.3) is 0 Å². The Bertz CT molecular complexity index is 195. The molecule has 1 aliphatic carbocycles. The average molecular weight is 240 g/mol. The highest BCUT2D eigenvalue weighted by molar-refractivity contribution is 4.79. The molecule has 0 amide bonds. The Morgan fingerprint density at radius 1 is 1.00 bits per heavy atom. The van der Waals surface area contributed by atoms with Gasteiger partial charge in [0.2, 0.25) is 0 Å². The molecule has 0 radical (unpaired) electrons. The fraction of sp³-hybridized carbons (Fsp3) is 1.00. The van der Waals surface area contributed by atoms with Crippen molar-refractivity contribution in [2.75, 3.05) is 27.7 Å². The smallest absolute Gasteiger partial charge is 0.0225 e. The van der Waals surface area contributed by atoms with E-state index in [1.807, 2.05) is 0 Å². The number of hydrogen-bond acceptors (Lipinski definition) is 2. The molecule has 0 bridgehead atoms. The molecule has 0 heterocycles. The lowest BCUT2D eigenvalue weighted by Crippen LogP contribution is -2.44. The summed E-state index contributed by atoms with van der Waals surface area (Å²) in [6.45, 7) is 5.82. The van der Waals surface area contributed by atoms with Gasteiger partial charge < -0.3 is 4.90 Å². The molecule has 0 aromatic carbocycles. The predicted octanol–water partition coefficient (Wildman–Crippen LogP) is 3.23. The molecule has 0 unspecified atom stereocenters. The van der Waals surface area contributed by atoms with Gasteiger partial charge in [0.15, 0.2) is 0 Å². The first-order valence-electron chi connectivity index (χ1n) is 7.37. The maximum Gasteiger partial charge on any atom is 0.0225 e. The van der Waals surface area contributed by atoms with E-state index in [0.29, 0.717) is 6.04 Å². The number of likely N-dealkylation sites (N-methyl/N-ethyl adjacent to an activating group) is 2. The second-order valence-electron chi connectivity index (χ2n) is 6.42. The van der Waals surface area contributed by atoms with Crippen molar-refractivity contribution in [2.45, 2.75) is 64.5 Å². The third kappa shape index (κ3) is 5.39. The van der Waals surface area contributed by atoms with Crippen LogP contribution >= 0.6 is 0 Å². The first-order chi connectivity index (χ1) is 8.00. The third-order valence-electron chi connectivity index (χ3n) is 4.30. The fourth-order valence-corrected chi connectivity index (χ4v) is 3.02. The van der Waals surface area contributed by atoms with Gasteiger partial charge in [0.1, 0.15) is 0 Å². The predicted molar refractivity (Wildman–Crippen MR) is 76.4 cm³/mol. The van der Waals surface area contributed by atoms with Gasteiger partial charge in [-0.1, -0.05) is 32.1 Å². The molecule has 102 valence electrons. The van der Waals surface area contributed by atoms with E-state index in [-0.39, 0.29) is 0 Å². The van der Waals surface area contributed by atoms with Crippen LogP contribution in [0.3, 0.4) is 0 Å². The molecule has 2 heteroatoms. The lowest BCUT2D eigenvalue weighted by atomic mass is 9.84. The van der Waals surface area contributed by atoms with Crippen LogP contribution in [-0.2, 0) is 0 Å². The van der Waals surface area contributed by atoms with Gasteiger partial charge >= 0.3 is 0 Å². The van der Waals surface area contributed by atoms with E-state index in [2.05, 4.69) is 44.8 Å². The minimum atomic E-state index is 0.656. The highest BCUT2D eigenvalue weighted by atomic mass is 15.2. The molecule has 1 rings (SSSR count). The van der Waals surface area contributed by atoms with Gasteiger partial charge in [-0.15, -0.1) is 0 Å². The first-order valence-corrected chi connectivity index (χ1v) is 7.37.